The van der Waals surface area contributed by atoms with Crippen LogP contribution in [0.1, 0.15) is 12.5 Å². The fraction of sp³-hybridized carbons (Fsp3) is 0.562. The minimum atomic E-state index is -2.92. The van der Waals surface area contributed by atoms with Crippen LogP contribution in [-0.4, -0.2) is 56.9 Å². The van der Waals surface area contributed by atoms with Crippen molar-refractivity contribution in [3.63, 3.8) is 0 Å². The maximum atomic E-state index is 12.4. The fourth-order valence-electron chi connectivity index (χ4n) is 2.45. The van der Waals surface area contributed by atoms with Gasteiger partial charge in [0.2, 0.25) is 5.91 Å². The molecular weight excluding hydrogens is 358 g/mol. The van der Waals surface area contributed by atoms with E-state index >= 15 is 0 Å². The molecule has 0 bridgehead atoms. The lowest BCUT2D eigenvalue weighted by atomic mass is 10.1. The average Bonchev–Trinajstić information content (AvgIpc) is 2.57. The number of carbonyl (C=O) groups is 1. The molecule has 1 fully saturated rings. The van der Waals surface area contributed by atoms with Gasteiger partial charge in [-0.1, -0.05) is 6.07 Å². The molecule has 1 unspecified atom stereocenters. The Balaban J connectivity index is 0.00000312. The van der Waals surface area contributed by atoms with Gasteiger partial charge in [-0.3, -0.25) is 4.79 Å². The number of halogens is 3. The highest BCUT2D eigenvalue weighted by Gasteiger charge is 2.24. The number of hydrogen-bond donors (Lipinski definition) is 1. The molecule has 1 N–H and O–H groups in total. The van der Waals surface area contributed by atoms with Crippen LogP contribution in [0.2, 0.25) is 0 Å². The Bertz CT molecular complexity index is 557. The van der Waals surface area contributed by atoms with E-state index in [2.05, 4.69) is 10.1 Å². The van der Waals surface area contributed by atoms with Crippen LogP contribution in [0.5, 0.6) is 11.5 Å². The molecule has 2 rings (SSSR count). The lowest BCUT2D eigenvalue weighted by molar-refractivity contribution is -0.135. The van der Waals surface area contributed by atoms with Gasteiger partial charge < -0.3 is 24.4 Å². The van der Waals surface area contributed by atoms with E-state index in [0.717, 1.165) is 5.56 Å². The summed E-state index contributed by atoms with van der Waals surface area (Å²) in [6.07, 6.45) is 0. The Kier molecular flexibility index (Phi) is 8.88. The number of ether oxygens (including phenoxy) is 3. The molecule has 1 atom stereocenters. The molecule has 1 aromatic carbocycles. The minimum Gasteiger partial charge on any atom is -0.490 e. The SMILES string of the molecule is CCOc1cc(CN(C)C(=O)C2COCCN2)ccc1OC(F)F.Cl. The molecule has 0 saturated carbocycles. The minimum absolute atomic E-state index is 0. The normalized spacial score (nSPS) is 16.9. The van der Waals surface area contributed by atoms with E-state index in [4.69, 9.17) is 9.47 Å². The highest BCUT2D eigenvalue weighted by Crippen LogP contribution is 2.30. The van der Waals surface area contributed by atoms with Crippen LogP contribution in [0.15, 0.2) is 18.2 Å². The zero-order valence-electron chi connectivity index (χ0n) is 14.2. The first kappa shape index (κ1) is 21.4. The van der Waals surface area contributed by atoms with Gasteiger partial charge in [-0.15, -0.1) is 12.4 Å². The Morgan fingerprint density at radius 1 is 1.44 bits per heavy atom. The van der Waals surface area contributed by atoms with Crippen LogP contribution in [0.25, 0.3) is 0 Å². The van der Waals surface area contributed by atoms with Gasteiger partial charge in [0.25, 0.3) is 0 Å². The third-order valence-electron chi connectivity index (χ3n) is 3.54. The van der Waals surface area contributed by atoms with Gasteiger partial charge >= 0.3 is 6.61 Å². The van der Waals surface area contributed by atoms with Crippen LogP contribution in [-0.2, 0) is 16.1 Å². The number of carbonyl (C=O) groups excluding carboxylic acids is 1. The van der Waals surface area contributed by atoms with E-state index in [1.807, 2.05) is 0 Å². The highest BCUT2D eigenvalue weighted by atomic mass is 35.5. The summed E-state index contributed by atoms with van der Waals surface area (Å²) in [6, 6.07) is 4.30. The molecule has 25 heavy (non-hydrogen) atoms. The Morgan fingerprint density at radius 3 is 2.80 bits per heavy atom. The number of hydrogen-bond acceptors (Lipinski definition) is 5. The summed E-state index contributed by atoms with van der Waals surface area (Å²) in [7, 11) is 1.68. The molecule has 9 heteroatoms. The topological polar surface area (TPSA) is 60.0 Å². The smallest absolute Gasteiger partial charge is 0.387 e. The predicted octanol–water partition coefficient (Wildman–Crippen LogP) is 2.06. The lowest BCUT2D eigenvalue weighted by Gasteiger charge is -2.27. The van der Waals surface area contributed by atoms with Crippen molar-refractivity contribution < 1.29 is 27.8 Å². The standard InChI is InChI=1S/C16H22F2N2O4.ClH/c1-3-23-14-8-11(4-5-13(14)24-16(17)18)9-20(2)15(21)12-10-22-7-6-19-12;/h4-5,8,12,16,19H,3,6-7,9-10H2,1-2H3;1H. The van der Waals surface area contributed by atoms with Crippen molar-refractivity contribution in [2.45, 2.75) is 26.1 Å². The first-order valence-corrected chi connectivity index (χ1v) is 7.78. The number of benzene rings is 1. The number of alkyl halides is 2. The number of morpholine rings is 1. The van der Waals surface area contributed by atoms with Crippen molar-refractivity contribution in [1.82, 2.24) is 10.2 Å². The van der Waals surface area contributed by atoms with Gasteiger partial charge in [-0.25, -0.2) is 0 Å². The fourth-order valence-corrected chi connectivity index (χ4v) is 2.45. The Morgan fingerprint density at radius 2 is 2.20 bits per heavy atom. The van der Waals surface area contributed by atoms with Gasteiger partial charge in [0.05, 0.1) is 19.8 Å². The van der Waals surface area contributed by atoms with Crippen LogP contribution in [0.3, 0.4) is 0 Å². The summed E-state index contributed by atoms with van der Waals surface area (Å²) in [5.74, 6) is 0.128. The van der Waals surface area contributed by atoms with Crippen molar-refractivity contribution in [3.8, 4) is 11.5 Å². The summed E-state index contributed by atoms with van der Waals surface area (Å²) in [5.41, 5.74) is 0.757. The molecule has 0 radical (unpaired) electrons. The molecule has 6 nitrogen and oxygen atoms in total. The number of nitrogens with zero attached hydrogens (tertiary/aromatic N) is 1. The third-order valence-corrected chi connectivity index (χ3v) is 3.54. The molecule has 1 aromatic rings. The van der Waals surface area contributed by atoms with Crippen molar-refractivity contribution in [3.05, 3.63) is 23.8 Å². The van der Waals surface area contributed by atoms with Crippen LogP contribution in [0.4, 0.5) is 8.78 Å². The Hall–Kier alpha value is -1.64. The molecule has 0 aromatic heterocycles. The van der Waals surface area contributed by atoms with Crippen molar-refractivity contribution in [2.75, 3.05) is 33.4 Å². The molecule has 1 amide bonds. The number of rotatable bonds is 7. The molecule has 142 valence electrons. The molecule has 0 aliphatic carbocycles. The number of nitrogens with one attached hydrogen (secondary N) is 1. The monoisotopic (exact) mass is 380 g/mol. The largest absolute Gasteiger partial charge is 0.490 e. The first-order valence-electron chi connectivity index (χ1n) is 7.78. The van der Waals surface area contributed by atoms with Gasteiger partial charge in [0.1, 0.15) is 6.04 Å². The average molecular weight is 381 g/mol. The van der Waals surface area contributed by atoms with E-state index in [0.29, 0.717) is 32.9 Å². The van der Waals surface area contributed by atoms with E-state index in [1.165, 1.54) is 6.07 Å². The van der Waals surface area contributed by atoms with E-state index in [-0.39, 0.29) is 35.9 Å². The lowest BCUT2D eigenvalue weighted by Crippen LogP contribution is -2.51. The second-order valence-corrected chi connectivity index (χ2v) is 5.37. The van der Waals surface area contributed by atoms with Gasteiger partial charge in [-0.2, -0.15) is 8.78 Å². The quantitative estimate of drug-likeness (QED) is 0.784. The molecule has 1 saturated heterocycles. The van der Waals surface area contributed by atoms with Crippen molar-refractivity contribution in [1.29, 1.82) is 0 Å². The van der Waals surface area contributed by atoms with Crippen molar-refractivity contribution >= 4 is 18.3 Å². The van der Waals surface area contributed by atoms with E-state index < -0.39 is 6.61 Å². The maximum Gasteiger partial charge on any atom is 0.387 e. The summed E-state index contributed by atoms with van der Waals surface area (Å²) in [4.78, 5) is 13.9. The predicted molar refractivity (Wildman–Crippen MR) is 90.6 cm³/mol. The first-order chi connectivity index (χ1) is 11.5. The van der Waals surface area contributed by atoms with Gasteiger partial charge in [-0.05, 0) is 24.6 Å². The van der Waals surface area contributed by atoms with Gasteiger partial charge in [0.15, 0.2) is 11.5 Å². The van der Waals surface area contributed by atoms with Crippen LogP contribution in [0, 0.1) is 0 Å². The summed E-state index contributed by atoms with van der Waals surface area (Å²) >= 11 is 0. The number of amides is 1. The molecule has 1 aliphatic rings. The highest BCUT2D eigenvalue weighted by molar-refractivity contribution is 5.85. The van der Waals surface area contributed by atoms with E-state index in [1.54, 1.807) is 31.0 Å². The third kappa shape index (κ3) is 6.30. The van der Waals surface area contributed by atoms with Crippen LogP contribution < -0.4 is 14.8 Å². The second-order valence-electron chi connectivity index (χ2n) is 5.37. The Labute approximate surface area is 151 Å². The molecular formula is C16H23ClF2N2O4. The number of likely N-dealkylation sites (N-methyl/N-ethyl adjacent to an activating group) is 1. The molecule has 1 heterocycles. The van der Waals surface area contributed by atoms with Crippen molar-refractivity contribution in [2.24, 2.45) is 0 Å². The zero-order chi connectivity index (χ0) is 17.5. The zero-order valence-corrected chi connectivity index (χ0v) is 15.0. The van der Waals surface area contributed by atoms with Gasteiger partial charge in [0, 0.05) is 20.1 Å². The maximum absolute atomic E-state index is 12.4. The summed E-state index contributed by atoms with van der Waals surface area (Å²) < 4.78 is 39.9. The van der Waals surface area contributed by atoms with E-state index in [9.17, 15) is 13.6 Å². The summed E-state index contributed by atoms with van der Waals surface area (Å²) in [6.45, 7) is 1.05. The molecule has 0 spiro atoms. The second kappa shape index (κ2) is 10.4. The summed E-state index contributed by atoms with van der Waals surface area (Å²) in [5, 5.41) is 3.10. The van der Waals surface area contributed by atoms with Crippen LogP contribution >= 0.6 is 12.4 Å². The molecule has 1 aliphatic heterocycles.